The van der Waals surface area contributed by atoms with Gasteiger partial charge < -0.3 is 10.1 Å². The van der Waals surface area contributed by atoms with Crippen LogP contribution in [0.1, 0.15) is 5.56 Å². The van der Waals surface area contributed by atoms with Gasteiger partial charge in [-0.1, -0.05) is 35.9 Å². The van der Waals surface area contributed by atoms with Crippen LogP contribution in [0, 0.1) is 0 Å². The van der Waals surface area contributed by atoms with Gasteiger partial charge in [-0.25, -0.2) is 9.97 Å². The average Bonchev–Trinajstić information content (AvgIpc) is 3.11. The molecule has 2 heterocycles. The lowest BCUT2D eigenvalue weighted by Gasteiger charge is -2.09. The molecule has 0 atom stereocenters. The number of methoxy groups -OCH3 is 1. The van der Waals surface area contributed by atoms with Crippen molar-refractivity contribution in [2.75, 3.05) is 12.4 Å². The summed E-state index contributed by atoms with van der Waals surface area (Å²) >= 11 is 7.69. The quantitative estimate of drug-likeness (QED) is 0.486. The Labute approximate surface area is 160 Å². The second kappa shape index (κ2) is 7.32. The van der Waals surface area contributed by atoms with E-state index in [0.717, 1.165) is 43.5 Å². The molecule has 0 aliphatic rings. The number of ether oxygens (including phenoxy) is 1. The van der Waals surface area contributed by atoms with Gasteiger partial charge in [-0.15, -0.1) is 11.3 Å². The molecular weight excluding hydrogens is 366 g/mol. The molecule has 0 bridgehead atoms. The number of benzene rings is 2. The molecule has 6 heteroatoms. The van der Waals surface area contributed by atoms with E-state index in [1.807, 2.05) is 48.5 Å². The topological polar surface area (TPSA) is 47.0 Å². The Morgan fingerprint density at radius 3 is 2.73 bits per heavy atom. The number of anilines is 1. The lowest BCUT2D eigenvalue weighted by atomic mass is 10.1. The molecule has 0 aliphatic heterocycles. The minimum atomic E-state index is 0.643. The van der Waals surface area contributed by atoms with E-state index in [4.69, 9.17) is 16.3 Å². The van der Waals surface area contributed by atoms with Crippen molar-refractivity contribution >= 4 is 39.0 Å². The Kier molecular flexibility index (Phi) is 4.73. The van der Waals surface area contributed by atoms with E-state index in [-0.39, 0.29) is 0 Å². The van der Waals surface area contributed by atoms with Gasteiger partial charge in [-0.3, -0.25) is 0 Å². The zero-order valence-electron chi connectivity index (χ0n) is 14.1. The Bertz CT molecular complexity index is 1050. The molecule has 1 N–H and O–H groups in total. The first kappa shape index (κ1) is 16.8. The van der Waals surface area contributed by atoms with Crippen LogP contribution in [0.15, 0.2) is 60.2 Å². The highest BCUT2D eigenvalue weighted by Crippen LogP contribution is 2.37. The van der Waals surface area contributed by atoms with Crippen molar-refractivity contribution in [2.45, 2.75) is 6.54 Å². The highest BCUT2D eigenvalue weighted by atomic mass is 35.5. The maximum absolute atomic E-state index is 6.07. The Morgan fingerprint density at radius 1 is 1.12 bits per heavy atom. The van der Waals surface area contributed by atoms with E-state index in [1.54, 1.807) is 24.8 Å². The van der Waals surface area contributed by atoms with Crippen LogP contribution in [0.5, 0.6) is 5.75 Å². The molecule has 4 rings (SSSR count). The van der Waals surface area contributed by atoms with E-state index in [9.17, 15) is 0 Å². The Hall–Kier alpha value is -2.63. The van der Waals surface area contributed by atoms with Crippen molar-refractivity contribution in [3.63, 3.8) is 0 Å². The van der Waals surface area contributed by atoms with Crippen molar-refractivity contribution in [3.8, 4) is 16.9 Å². The van der Waals surface area contributed by atoms with Gasteiger partial charge in [0.05, 0.1) is 12.5 Å². The second-order valence-corrected chi connectivity index (χ2v) is 7.06. The van der Waals surface area contributed by atoms with Crippen LogP contribution in [0.3, 0.4) is 0 Å². The number of nitrogens with one attached hydrogen (secondary N) is 1. The van der Waals surface area contributed by atoms with E-state index in [1.165, 1.54) is 0 Å². The van der Waals surface area contributed by atoms with Crippen LogP contribution in [0.25, 0.3) is 21.3 Å². The van der Waals surface area contributed by atoms with Gasteiger partial charge in [0.2, 0.25) is 0 Å². The molecule has 4 aromatic rings. The standard InChI is InChI=1S/C20H16ClN3OS/c1-25-16-7-5-14(6-8-16)17-11-26-20-18(17)19(23-12-24-20)22-10-13-3-2-4-15(21)9-13/h2-9,11-12H,10H2,1H3,(H,22,23,24). The fraction of sp³-hybridized carbons (Fsp3) is 0.100. The molecule has 0 unspecified atom stereocenters. The smallest absolute Gasteiger partial charge is 0.139 e. The van der Waals surface area contributed by atoms with Crippen LogP contribution < -0.4 is 10.1 Å². The van der Waals surface area contributed by atoms with Gasteiger partial charge in [0.25, 0.3) is 0 Å². The molecule has 26 heavy (non-hydrogen) atoms. The molecule has 0 radical (unpaired) electrons. The second-order valence-electron chi connectivity index (χ2n) is 5.76. The number of hydrogen-bond acceptors (Lipinski definition) is 5. The summed E-state index contributed by atoms with van der Waals surface area (Å²) in [4.78, 5) is 9.83. The Balaban J connectivity index is 1.69. The van der Waals surface area contributed by atoms with E-state index in [2.05, 4.69) is 20.7 Å². The number of rotatable bonds is 5. The summed E-state index contributed by atoms with van der Waals surface area (Å²) in [6.45, 7) is 0.643. The molecule has 4 nitrogen and oxygen atoms in total. The van der Waals surface area contributed by atoms with E-state index >= 15 is 0 Å². The first-order chi connectivity index (χ1) is 12.7. The number of halogens is 1. The number of fused-ring (bicyclic) bond motifs is 1. The molecule has 2 aromatic heterocycles. The first-order valence-electron chi connectivity index (χ1n) is 8.09. The average molecular weight is 382 g/mol. The van der Waals surface area contributed by atoms with Crippen molar-refractivity contribution in [1.82, 2.24) is 9.97 Å². The van der Waals surface area contributed by atoms with Crippen LogP contribution in [0.4, 0.5) is 5.82 Å². The van der Waals surface area contributed by atoms with Crippen LogP contribution in [0.2, 0.25) is 5.02 Å². The molecule has 2 aromatic carbocycles. The number of thiophene rings is 1. The van der Waals surface area contributed by atoms with E-state index < -0.39 is 0 Å². The summed E-state index contributed by atoms with van der Waals surface area (Å²) in [6, 6.07) is 15.8. The third kappa shape index (κ3) is 3.36. The van der Waals surface area contributed by atoms with Crippen LogP contribution in [-0.4, -0.2) is 17.1 Å². The maximum atomic E-state index is 6.07. The lowest BCUT2D eigenvalue weighted by Crippen LogP contribution is -2.02. The van der Waals surface area contributed by atoms with Crippen molar-refractivity contribution in [1.29, 1.82) is 0 Å². The van der Waals surface area contributed by atoms with Crippen molar-refractivity contribution < 1.29 is 4.74 Å². The highest BCUT2D eigenvalue weighted by Gasteiger charge is 2.13. The monoisotopic (exact) mass is 381 g/mol. The predicted octanol–water partition coefficient (Wildman–Crippen LogP) is 5.63. The highest BCUT2D eigenvalue weighted by molar-refractivity contribution is 7.17. The molecule has 130 valence electrons. The van der Waals surface area contributed by atoms with Gasteiger partial charge >= 0.3 is 0 Å². The maximum Gasteiger partial charge on any atom is 0.139 e. The molecule has 0 spiro atoms. The molecular formula is C20H16ClN3OS. The SMILES string of the molecule is COc1ccc(-c2csc3ncnc(NCc4cccc(Cl)c4)c23)cc1. The first-order valence-corrected chi connectivity index (χ1v) is 9.35. The lowest BCUT2D eigenvalue weighted by molar-refractivity contribution is 0.415. The van der Waals surface area contributed by atoms with Crippen LogP contribution in [-0.2, 0) is 6.54 Å². The fourth-order valence-electron chi connectivity index (χ4n) is 2.82. The van der Waals surface area contributed by atoms with Gasteiger partial charge in [0.1, 0.15) is 22.7 Å². The van der Waals surface area contributed by atoms with Gasteiger partial charge in [0.15, 0.2) is 0 Å². The fourth-order valence-corrected chi connectivity index (χ4v) is 3.95. The number of hydrogen-bond donors (Lipinski definition) is 1. The van der Waals surface area contributed by atoms with Crippen LogP contribution >= 0.6 is 22.9 Å². The summed E-state index contributed by atoms with van der Waals surface area (Å²) in [6.07, 6.45) is 1.59. The van der Waals surface area contributed by atoms with Gasteiger partial charge in [-0.05, 0) is 35.4 Å². The zero-order valence-corrected chi connectivity index (χ0v) is 15.6. The Morgan fingerprint density at radius 2 is 1.96 bits per heavy atom. The molecule has 0 saturated heterocycles. The van der Waals surface area contributed by atoms with Crippen molar-refractivity contribution in [2.24, 2.45) is 0 Å². The number of nitrogens with zero attached hydrogens (tertiary/aromatic N) is 2. The largest absolute Gasteiger partial charge is 0.497 e. The normalized spacial score (nSPS) is 10.8. The van der Waals surface area contributed by atoms with E-state index in [0.29, 0.717) is 6.54 Å². The summed E-state index contributed by atoms with van der Waals surface area (Å²) in [5, 5.41) is 7.30. The predicted molar refractivity (Wildman–Crippen MR) is 108 cm³/mol. The minimum Gasteiger partial charge on any atom is -0.497 e. The van der Waals surface area contributed by atoms with Gasteiger partial charge in [-0.2, -0.15) is 0 Å². The zero-order chi connectivity index (χ0) is 17.9. The van der Waals surface area contributed by atoms with Gasteiger partial charge in [0, 0.05) is 22.5 Å². The molecule has 0 fully saturated rings. The third-order valence-corrected chi connectivity index (χ3v) is 5.24. The molecule has 0 aliphatic carbocycles. The summed E-state index contributed by atoms with van der Waals surface area (Å²) < 4.78 is 5.25. The third-order valence-electron chi connectivity index (χ3n) is 4.12. The summed E-state index contributed by atoms with van der Waals surface area (Å²) in [5.41, 5.74) is 3.32. The number of aromatic nitrogens is 2. The summed E-state index contributed by atoms with van der Waals surface area (Å²) in [7, 11) is 1.67. The molecule has 0 amide bonds. The summed E-state index contributed by atoms with van der Waals surface area (Å²) in [5.74, 6) is 1.66. The minimum absolute atomic E-state index is 0.643. The molecule has 0 saturated carbocycles. The van der Waals surface area contributed by atoms with Crippen molar-refractivity contribution in [3.05, 3.63) is 70.8 Å².